The Morgan fingerprint density at radius 2 is 1.80 bits per heavy atom. The van der Waals surface area contributed by atoms with Crippen LogP contribution >= 0.6 is 11.6 Å². The van der Waals surface area contributed by atoms with Crippen molar-refractivity contribution in [2.45, 2.75) is 44.6 Å². The number of fused-ring (bicyclic) bond motifs is 1. The highest BCUT2D eigenvalue weighted by molar-refractivity contribution is 7.89. The largest absolute Gasteiger partial charge is 0.352 e. The molecule has 1 aliphatic rings. The van der Waals surface area contributed by atoms with Gasteiger partial charge in [0.2, 0.25) is 15.5 Å². The molecule has 3 aromatic rings. The second kappa shape index (κ2) is 10.5. The van der Waals surface area contributed by atoms with Crippen LogP contribution in [0.3, 0.4) is 0 Å². The van der Waals surface area contributed by atoms with E-state index in [0.29, 0.717) is 49.1 Å². The van der Waals surface area contributed by atoms with Crippen molar-refractivity contribution in [1.29, 1.82) is 0 Å². The van der Waals surface area contributed by atoms with Crippen LogP contribution in [-0.4, -0.2) is 42.8 Å². The van der Waals surface area contributed by atoms with Crippen molar-refractivity contribution in [1.82, 2.24) is 14.2 Å². The summed E-state index contributed by atoms with van der Waals surface area (Å²) in [5.41, 5.74) is 1.14. The average Bonchev–Trinajstić information content (AvgIpc) is 2.85. The molecule has 1 aliphatic heterocycles. The number of aryl methyl sites for hydroxylation is 1. The Morgan fingerprint density at radius 3 is 2.46 bits per heavy atom. The summed E-state index contributed by atoms with van der Waals surface area (Å²) in [6, 6.07) is 12.0. The number of carbonyl (C=O) groups is 1. The zero-order valence-corrected chi connectivity index (χ0v) is 21.5. The van der Waals surface area contributed by atoms with Crippen molar-refractivity contribution in [2.24, 2.45) is 5.92 Å². The minimum atomic E-state index is -3.72. The predicted molar refractivity (Wildman–Crippen MR) is 139 cm³/mol. The fraction of sp³-hybridized carbons (Fsp3) is 0.385. The molecular formula is C26H30ClN3O4S. The summed E-state index contributed by atoms with van der Waals surface area (Å²) in [6.45, 7) is 5.85. The second-order valence-electron chi connectivity index (χ2n) is 9.06. The Hall–Kier alpha value is -2.68. The zero-order chi connectivity index (χ0) is 25.2. The van der Waals surface area contributed by atoms with Gasteiger partial charge in [0.15, 0.2) is 0 Å². The van der Waals surface area contributed by atoms with Gasteiger partial charge >= 0.3 is 0 Å². The monoisotopic (exact) mass is 515 g/mol. The van der Waals surface area contributed by atoms with Crippen LogP contribution in [-0.2, 0) is 23.0 Å². The van der Waals surface area contributed by atoms with Crippen LogP contribution in [0.1, 0.15) is 42.6 Å². The Morgan fingerprint density at radius 1 is 1.11 bits per heavy atom. The van der Waals surface area contributed by atoms with Crippen molar-refractivity contribution in [3.05, 3.63) is 75.0 Å². The number of pyridine rings is 1. The van der Waals surface area contributed by atoms with Gasteiger partial charge in [-0.2, -0.15) is 4.31 Å². The molecule has 0 aliphatic carbocycles. The summed E-state index contributed by atoms with van der Waals surface area (Å²) in [6.07, 6.45) is 3.77. The van der Waals surface area contributed by atoms with Gasteiger partial charge in [0.1, 0.15) is 5.56 Å². The molecule has 1 fully saturated rings. The number of nitrogens with one attached hydrogen (secondary N) is 1. The van der Waals surface area contributed by atoms with E-state index in [1.807, 2.05) is 19.1 Å². The molecule has 9 heteroatoms. The first kappa shape index (κ1) is 25.4. The molecular weight excluding hydrogens is 486 g/mol. The molecule has 2 heterocycles. The van der Waals surface area contributed by atoms with E-state index in [0.717, 1.165) is 18.4 Å². The highest BCUT2D eigenvalue weighted by Gasteiger charge is 2.28. The fourth-order valence-corrected chi connectivity index (χ4v) is 6.02. The number of benzene rings is 2. The van der Waals surface area contributed by atoms with Crippen LogP contribution in [0, 0.1) is 5.92 Å². The first-order chi connectivity index (χ1) is 16.7. The van der Waals surface area contributed by atoms with Crippen LogP contribution in [0.25, 0.3) is 10.9 Å². The van der Waals surface area contributed by atoms with E-state index in [2.05, 4.69) is 12.2 Å². The Labute approximate surface area is 210 Å². The molecule has 1 N–H and O–H groups in total. The minimum Gasteiger partial charge on any atom is -0.352 e. The third-order valence-electron chi connectivity index (χ3n) is 6.63. The minimum absolute atomic E-state index is 0.00296. The van der Waals surface area contributed by atoms with E-state index in [1.54, 1.807) is 35.0 Å². The number of hydrogen-bond acceptors (Lipinski definition) is 4. The summed E-state index contributed by atoms with van der Waals surface area (Å²) in [5.74, 6) is 0.0157. The quantitative estimate of drug-likeness (QED) is 0.513. The number of rotatable bonds is 7. The molecule has 186 valence electrons. The molecule has 0 radical (unpaired) electrons. The SMILES string of the molecule is CCn1cc(C(=O)NCCc2ccc(Cl)cc2)c(=O)c2cc(S(=O)(=O)N3CCC(C)CC3)ccc21. The third kappa shape index (κ3) is 5.44. The van der Waals surface area contributed by atoms with Gasteiger partial charge in [-0.1, -0.05) is 30.7 Å². The summed E-state index contributed by atoms with van der Waals surface area (Å²) < 4.78 is 29.8. The number of amides is 1. The molecule has 1 saturated heterocycles. The lowest BCUT2D eigenvalue weighted by Gasteiger charge is -2.29. The van der Waals surface area contributed by atoms with Gasteiger partial charge in [0.05, 0.1) is 10.4 Å². The van der Waals surface area contributed by atoms with Crippen LogP contribution in [0.2, 0.25) is 5.02 Å². The van der Waals surface area contributed by atoms with Crippen molar-refractivity contribution in [3.8, 4) is 0 Å². The lowest BCUT2D eigenvalue weighted by atomic mass is 10.0. The predicted octanol–water partition coefficient (Wildman–Crippen LogP) is 4.07. The van der Waals surface area contributed by atoms with E-state index in [1.165, 1.54) is 10.4 Å². The van der Waals surface area contributed by atoms with E-state index in [-0.39, 0.29) is 15.8 Å². The summed E-state index contributed by atoms with van der Waals surface area (Å²) in [5, 5.41) is 3.68. The smallest absolute Gasteiger partial charge is 0.256 e. The Bertz CT molecular complexity index is 1390. The standard InChI is InChI=1S/C26H30ClN3O4S/c1-3-29-17-23(26(32)28-13-10-19-4-6-20(27)7-5-19)25(31)22-16-21(8-9-24(22)29)35(33,34)30-14-11-18(2)12-15-30/h4-9,16-18H,3,10-15H2,1-2H3,(H,28,32). The van der Waals surface area contributed by atoms with Crippen molar-refractivity contribution >= 4 is 38.4 Å². The molecule has 4 rings (SSSR count). The molecule has 1 amide bonds. The summed E-state index contributed by atoms with van der Waals surface area (Å²) >= 11 is 5.91. The first-order valence-corrected chi connectivity index (χ1v) is 13.7. The van der Waals surface area contributed by atoms with Crippen LogP contribution < -0.4 is 10.7 Å². The van der Waals surface area contributed by atoms with Crippen LogP contribution in [0.15, 0.2) is 58.4 Å². The molecule has 2 aromatic carbocycles. The van der Waals surface area contributed by atoms with Crippen molar-refractivity contribution < 1.29 is 13.2 Å². The van der Waals surface area contributed by atoms with Crippen molar-refractivity contribution in [2.75, 3.05) is 19.6 Å². The number of halogens is 1. The van der Waals surface area contributed by atoms with E-state index in [9.17, 15) is 18.0 Å². The number of sulfonamides is 1. The highest BCUT2D eigenvalue weighted by Crippen LogP contribution is 2.25. The second-order valence-corrected chi connectivity index (χ2v) is 11.4. The maximum atomic E-state index is 13.3. The number of nitrogens with zero attached hydrogens (tertiary/aromatic N) is 2. The van der Waals surface area contributed by atoms with Gasteiger partial charge in [0, 0.05) is 42.8 Å². The molecule has 0 atom stereocenters. The molecule has 1 aromatic heterocycles. The van der Waals surface area contributed by atoms with Crippen LogP contribution in [0.4, 0.5) is 0 Å². The molecule has 0 bridgehead atoms. The summed E-state index contributed by atoms with van der Waals surface area (Å²) in [4.78, 5) is 26.3. The van der Waals surface area contributed by atoms with Crippen molar-refractivity contribution in [3.63, 3.8) is 0 Å². The molecule has 0 saturated carbocycles. The maximum Gasteiger partial charge on any atom is 0.256 e. The number of hydrogen-bond donors (Lipinski definition) is 1. The lowest BCUT2D eigenvalue weighted by Crippen LogP contribution is -2.38. The fourth-order valence-electron chi connectivity index (χ4n) is 4.40. The molecule has 0 unspecified atom stereocenters. The van der Waals surface area contributed by atoms with Gasteiger partial charge in [-0.05, 0) is 68.0 Å². The van der Waals surface area contributed by atoms with E-state index < -0.39 is 21.4 Å². The summed E-state index contributed by atoms with van der Waals surface area (Å²) in [7, 11) is -3.72. The van der Waals surface area contributed by atoms with E-state index in [4.69, 9.17) is 11.6 Å². The van der Waals surface area contributed by atoms with Gasteiger partial charge in [-0.25, -0.2) is 8.42 Å². The normalized spacial score (nSPS) is 15.4. The lowest BCUT2D eigenvalue weighted by molar-refractivity contribution is 0.0952. The van der Waals surface area contributed by atoms with E-state index >= 15 is 0 Å². The Kier molecular flexibility index (Phi) is 7.64. The average molecular weight is 516 g/mol. The topological polar surface area (TPSA) is 88.5 Å². The van der Waals surface area contributed by atoms with Crippen LogP contribution in [0.5, 0.6) is 0 Å². The molecule has 35 heavy (non-hydrogen) atoms. The molecule has 7 nitrogen and oxygen atoms in total. The number of carbonyl (C=O) groups excluding carboxylic acids is 1. The van der Waals surface area contributed by atoms with Gasteiger partial charge in [0.25, 0.3) is 5.91 Å². The Balaban J connectivity index is 1.62. The first-order valence-electron chi connectivity index (χ1n) is 11.9. The zero-order valence-electron chi connectivity index (χ0n) is 20.0. The highest BCUT2D eigenvalue weighted by atomic mass is 35.5. The van der Waals surface area contributed by atoms with Gasteiger partial charge < -0.3 is 9.88 Å². The van der Waals surface area contributed by atoms with Gasteiger partial charge in [-0.15, -0.1) is 0 Å². The maximum absolute atomic E-state index is 13.3. The molecule has 0 spiro atoms. The van der Waals surface area contributed by atoms with Gasteiger partial charge in [-0.3, -0.25) is 9.59 Å². The third-order valence-corrected chi connectivity index (χ3v) is 8.78. The number of aromatic nitrogens is 1. The number of piperidine rings is 1.